The van der Waals surface area contributed by atoms with Crippen LogP contribution in [-0.2, 0) is 26.8 Å². The summed E-state index contributed by atoms with van der Waals surface area (Å²) >= 11 is 0. The first kappa shape index (κ1) is 24.5. The number of anilines is 1. The molecule has 4 rings (SSSR count). The zero-order chi connectivity index (χ0) is 24.9. The minimum absolute atomic E-state index is 0.0490. The number of hydrogen-bond donors (Lipinski definition) is 1. The number of rotatable bonds is 10. The summed E-state index contributed by atoms with van der Waals surface area (Å²) in [6.45, 7) is 2.03. The maximum Gasteiger partial charge on any atom is 0.243 e. The number of nitrogens with zero attached hydrogens (tertiary/aromatic N) is 2. The fourth-order valence-electron chi connectivity index (χ4n) is 3.86. The Morgan fingerprint density at radius 3 is 2.26 bits per heavy atom. The molecule has 180 valence electrons. The maximum atomic E-state index is 13.5. The van der Waals surface area contributed by atoms with Gasteiger partial charge in [-0.25, -0.2) is 8.42 Å². The first-order chi connectivity index (χ1) is 16.9. The van der Waals surface area contributed by atoms with Crippen LogP contribution in [0, 0.1) is 11.3 Å². The van der Waals surface area contributed by atoms with Crippen molar-refractivity contribution in [1.29, 1.82) is 5.26 Å². The maximum absolute atomic E-state index is 13.5. The number of sulfonamides is 1. The van der Waals surface area contributed by atoms with E-state index < -0.39 is 21.3 Å². The van der Waals surface area contributed by atoms with Crippen LogP contribution in [0.5, 0.6) is 5.75 Å². The molecule has 0 spiro atoms. The average Bonchev–Trinajstić information content (AvgIpc) is 3.67. The number of ether oxygens (including phenoxy) is 1. The van der Waals surface area contributed by atoms with E-state index in [0.717, 1.165) is 28.3 Å². The number of carbonyl (C=O) groups is 1. The van der Waals surface area contributed by atoms with Crippen LogP contribution in [0.2, 0.25) is 0 Å². The third-order valence-electron chi connectivity index (χ3n) is 5.98. The summed E-state index contributed by atoms with van der Waals surface area (Å²) in [5.41, 5.74) is 1.85. The molecule has 0 aliphatic heterocycles. The van der Waals surface area contributed by atoms with E-state index in [-0.39, 0.29) is 18.0 Å². The molecule has 0 saturated heterocycles. The molecular weight excluding hydrogens is 462 g/mol. The van der Waals surface area contributed by atoms with Crippen LogP contribution in [0.4, 0.5) is 5.69 Å². The fourth-order valence-corrected chi connectivity index (χ4v) is 5.24. The minimum atomic E-state index is -3.96. The van der Waals surface area contributed by atoms with Crippen molar-refractivity contribution in [3.63, 3.8) is 0 Å². The highest BCUT2D eigenvalue weighted by molar-refractivity contribution is 7.89. The van der Waals surface area contributed by atoms with Gasteiger partial charge < -0.3 is 10.1 Å². The summed E-state index contributed by atoms with van der Waals surface area (Å²) < 4.78 is 33.5. The Morgan fingerprint density at radius 2 is 1.69 bits per heavy atom. The fraction of sp³-hybridized carbons (Fsp3) is 0.259. The van der Waals surface area contributed by atoms with E-state index in [1.54, 1.807) is 24.3 Å². The molecular formula is C27H27N3O4S. The monoisotopic (exact) mass is 489 g/mol. The molecule has 1 N–H and O–H groups in total. The lowest BCUT2D eigenvalue weighted by atomic mass is 9.98. The summed E-state index contributed by atoms with van der Waals surface area (Å²) in [7, 11) is -3.96. The van der Waals surface area contributed by atoms with Gasteiger partial charge in [-0.1, -0.05) is 42.5 Å². The van der Waals surface area contributed by atoms with Crippen LogP contribution in [0.15, 0.2) is 83.8 Å². The van der Waals surface area contributed by atoms with Gasteiger partial charge in [0, 0.05) is 12.2 Å². The molecule has 1 aliphatic carbocycles. The van der Waals surface area contributed by atoms with Gasteiger partial charge in [-0.05, 0) is 67.3 Å². The third-order valence-corrected chi connectivity index (χ3v) is 7.79. The molecule has 35 heavy (non-hydrogen) atoms. The van der Waals surface area contributed by atoms with Crippen molar-refractivity contribution >= 4 is 21.6 Å². The normalized spacial score (nSPS) is 14.2. The molecule has 1 fully saturated rings. The Hall–Kier alpha value is -3.67. The van der Waals surface area contributed by atoms with Crippen molar-refractivity contribution in [3.05, 3.63) is 90.0 Å². The molecule has 0 atom stereocenters. The number of nitrogens with one attached hydrogen (secondary N) is 1. The first-order valence-electron chi connectivity index (χ1n) is 11.4. The molecule has 3 aromatic rings. The number of carbonyl (C=O) groups excluding carboxylic acids is 1. The van der Waals surface area contributed by atoms with Crippen LogP contribution in [-0.4, -0.2) is 31.8 Å². The van der Waals surface area contributed by atoms with Gasteiger partial charge in [-0.15, -0.1) is 0 Å². The molecule has 0 radical (unpaired) electrons. The van der Waals surface area contributed by atoms with Gasteiger partial charge in [0.1, 0.15) is 5.75 Å². The van der Waals surface area contributed by atoms with E-state index in [1.165, 1.54) is 12.1 Å². The quantitative estimate of drug-likeness (QED) is 0.453. The molecule has 1 saturated carbocycles. The van der Waals surface area contributed by atoms with Gasteiger partial charge in [0.05, 0.1) is 29.5 Å². The van der Waals surface area contributed by atoms with E-state index in [4.69, 9.17) is 4.74 Å². The van der Waals surface area contributed by atoms with Gasteiger partial charge in [0.2, 0.25) is 15.9 Å². The zero-order valence-electron chi connectivity index (χ0n) is 19.5. The number of hydrogen-bond acceptors (Lipinski definition) is 5. The Bertz CT molecular complexity index is 1310. The van der Waals surface area contributed by atoms with Gasteiger partial charge in [-0.2, -0.15) is 9.57 Å². The van der Waals surface area contributed by atoms with E-state index in [9.17, 15) is 18.5 Å². The summed E-state index contributed by atoms with van der Waals surface area (Å²) in [6, 6.07) is 24.8. The molecule has 8 heteroatoms. The highest BCUT2D eigenvalue weighted by Crippen LogP contribution is 2.47. The van der Waals surface area contributed by atoms with Crippen molar-refractivity contribution in [3.8, 4) is 11.8 Å². The smallest absolute Gasteiger partial charge is 0.243 e. The zero-order valence-corrected chi connectivity index (χ0v) is 20.3. The molecule has 1 aliphatic rings. The lowest BCUT2D eigenvalue weighted by molar-refractivity contribution is -0.116. The molecule has 0 heterocycles. The Kier molecular flexibility index (Phi) is 7.20. The second-order valence-electron chi connectivity index (χ2n) is 8.48. The third kappa shape index (κ3) is 5.70. The highest BCUT2D eigenvalue weighted by atomic mass is 32.2. The number of amides is 1. The van der Waals surface area contributed by atoms with Gasteiger partial charge in [0.15, 0.2) is 0 Å². The molecule has 0 bridgehead atoms. The van der Waals surface area contributed by atoms with Crippen LogP contribution < -0.4 is 10.1 Å². The van der Waals surface area contributed by atoms with E-state index in [2.05, 4.69) is 11.4 Å². The number of nitriles is 1. The molecule has 0 aromatic heterocycles. The van der Waals surface area contributed by atoms with Crippen molar-refractivity contribution in [2.75, 3.05) is 18.5 Å². The Morgan fingerprint density at radius 1 is 1.03 bits per heavy atom. The summed E-state index contributed by atoms with van der Waals surface area (Å²) in [5, 5.41) is 12.1. The summed E-state index contributed by atoms with van der Waals surface area (Å²) in [6.07, 6.45) is 1.68. The van der Waals surface area contributed by atoms with Crippen LogP contribution in [0.1, 0.15) is 30.9 Å². The van der Waals surface area contributed by atoms with Gasteiger partial charge >= 0.3 is 0 Å². The highest BCUT2D eigenvalue weighted by Gasteiger charge is 2.44. The minimum Gasteiger partial charge on any atom is -0.494 e. The second kappa shape index (κ2) is 10.3. The Labute approximate surface area is 206 Å². The first-order valence-corrected chi connectivity index (χ1v) is 12.9. The molecule has 7 nitrogen and oxygen atoms in total. The number of benzene rings is 3. The topological polar surface area (TPSA) is 99.5 Å². The van der Waals surface area contributed by atoms with Crippen molar-refractivity contribution in [1.82, 2.24) is 4.31 Å². The van der Waals surface area contributed by atoms with Crippen LogP contribution in [0.3, 0.4) is 0 Å². The van der Waals surface area contributed by atoms with Gasteiger partial charge in [-0.3, -0.25) is 4.79 Å². The standard InChI is InChI=1S/C27H27N3O4S/c1-2-34-24-12-14-25(15-13-24)35(32,33)30(18-21-6-4-3-5-7-21)19-26(31)29-23-10-8-22(9-11-23)27(20-28)16-17-27/h3-15H,2,16-19H2,1H3,(H,29,31). The van der Waals surface area contributed by atoms with Crippen LogP contribution in [0.25, 0.3) is 0 Å². The van der Waals surface area contributed by atoms with Gasteiger partial charge in [0.25, 0.3) is 0 Å². The molecule has 0 unspecified atom stereocenters. The SMILES string of the molecule is CCOc1ccc(S(=O)(=O)N(CC(=O)Nc2ccc(C3(C#N)CC3)cc2)Cc2ccccc2)cc1. The predicted octanol–water partition coefficient (Wildman–Crippen LogP) is 4.47. The van der Waals surface area contributed by atoms with Crippen molar-refractivity contribution < 1.29 is 17.9 Å². The van der Waals surface area contributed by atoms with Crippen molar-refractivity contribution in [2.24, 2.45) is 0 Å². The summed E-state index contributed by atoms with van der Waals surface area (Å²) in [5.74, 6) is 0.122. The second-order valence-corrected chi connectivity index (χ2v) is 10.4. The van der Waals surface area contributed by atoms with E-state index in [1.807, 2.05) is 49.4 Å². The molecule has 1 amide bonds. The lowest BCUT2D eigenvalue weighted by Crippen LogP contribution is -2.37. The predicted molar refractivity (Wildman–Crippen MR) is 133 cm³/mol. The Balaban J connectivity index is 1.52. The van der Waals surface area contributed by atoms with Crippen LogP contribution >= 0.6 is 0 Å². The summed E-state index contributed by atoms with van der Waals surface area (Å²) in [4.78, 5) is 13.0. The largest absolute Gasteiger partial charge is 0.494 e. The molecule has 3 aromatic carbocycles. The van der Waals surface area contributed by atoms with E-state index in [0.29, 0.717) is 18.0 Å². The van der Waals surface area contributed by atoms with Crippen molar-refractivity contribution in [2.45, 2.75) is 36.6 Å². The average molecular weight is 490 g/mol. The van der Waals surface area contributed by atoms with E-state index >= 15 is 0 Å². The lowest BCUT2D eigenvalue weighted by Gasteiger charge is -2.22.